The third-order valence-electron chi connectivity index (χ3n) is 3.68. The van der Waals surface area contributed by atoms with Crippen molar-refractivity contribution < 1.29 is 9.47 Å². The van der Waals surface area contributed by atoms with Crippen molar-refractivity contribution >= 4 is 5.82 Å². The SMILES string of the molecule is COc1cccnc1NCCCOC1CCC(N)CC1. The second-order valence-corrected chi connectivity index (χ2v) is 5.24. The third-order valence-corrected chi connectivity index (χ3v) is 3.68. The molecule has 0 saturated heterocycles. The molecule has 5 nitrogen and oxygen atoms in total. The van der Waals surface area contributed by atoms with Gasteiger partial charge in [0.2, 0.25) is 0 Å². The normalized spacial score (nSPS) is 22.5. The fourth-order valence-corrected chi connectivity index (χ4v) is 2.47. The summed E-state index contributed by atoms with van der Waals surface area (Å²) in [5.74, 6) is 1.56. The molecule has 1 aromatic rings. The Hall–Kier alpha value is -1.33. The molecule has 0 atom stereocenters. The van der Waals surface area contributed by atoms with Crippen LogP contribution < -0.4 is 15.8 Å². The molecular weight excluding hydrogens is 254 g/mol. The molecule has 0 bridgehead atoms. The molecule has 1 aromatic heterocycles. The van der Waals surface area contributed by atoms with E-state index in [-0.39, 0.29) is 0 Å². The first-order valence-electron chi connectivity index (χ1n) is 7.39. The Labute approximate surface area is 120 Å². The third kappa shape index (κ3) is 4.65. The lowest BCUT2D eigenvalue weighted by Crippen LogP contribution is -2.30. The first-order chi connectivity index (χ1) is 9.79. The first kappa shape index (κ1) is 15.1. The van der Waals surface area contributed by atoms with Crippen molar-refractivity contribution in [1.82, 2.24) is 4.98 Å². The summed E-state index contributed by atoms with van der Waals surface area (Å²) >= 11 is 0. The predicted octanol–water partition coefficient (Wildman–Crippen LogP) is 2.18. The van der Waals surface area contributed by atoms with Gasteiger partial charge in [-0.15, -0.1) is 0 Å². The summed E-state index contributed by atoms with van der Waals surface area (Å²) in [7, 11) is 1.65. The topological polar surface area (TPSA) is 69.4 Å². The minimum absolute atomic E-state index is 0.383. The van der Waals surface area contributed by atoms with Crippen molar-refractivity contribution in [2.45, 2.75) is 44.2 Å². The molecule has 0 spiro atoms. The van der Waals surface area contributed by atoms with Crippen LogP contribution in [-0.2, 0) is 4.74 Å². The van der Waals surface area contributed by atoms with Gasteiger partial charge in [0, 0.05) is 25.4 Å². The van der Waals surface area contributed by atoms with Crippen molar-refractivity contribution in [3.05, 3.63) is 18.3 Å². The molecule has 5 heteroatoms. The minimum Gasteiger partial charge on any atom is -0.493 e. The fraction of sp³-hybridized carbons (Fsp3) is 0.667. The van der Waals surface area contributed by atoms with Crippen LogP contribution in [0.2, 0.25) is 0 Å². The molecule has 1 saturated carbocycles. The maximum Gasteiger partial charge on any atom is 0.168 e. The van der Waals surface area contributed by atoms with Crippen LogP contribution in [0.4, 0.5) is 5.82 Å². The largest absolute Gasteiger partial charge is 0.493 e. The molecule has 1 heterocycles. The number of anilines is 1. The fourth-order valence-electron chi connectivity index (χ4n) is 2.47. The number of aromatic nitrogens is 1. The van der Waals surface area contributed by atoms with Gasteiger partial charge in [-0.2, -0.15) is 0 Å². The highest BCUT2D eigenvalue weighted by atomic mass is 16.5. The van der Waals surface area contributed by atoms with Gasteiger partial charge in [0.15, 0.2) is 11.6 Å². The zero-order chi connectivity index (χ0) is 14.2. The first-order valence-corrected chi connectivity index (χ1v) is 7.39. The molecule has 0 unspecified atom stereocenters. The van der Waals surface area contributed by atoms with E-state index in [9.17, 15) is 0 Å². The standard InChI is InChI=1S/C15H25N3O2/c1-19-14-4-2-9-17-15(14)18-10-3-11-20-13-7-5-12(16)6-8-13/h2,4,9,12-13H,3,5-8,10-11,16H2,1H3,(H,17,18). The number of hydrogen-bond donors (Lipinski definition) is 2. The van der Waals surface area contributed by atoms with E-state index < -0.39 is 0 Å². The summed E-state index contributed by atoms with van der Waals surface area (Å²) in [5, 5.41) is 3.27. The van der Waals surface area contributed by atoms with Crippen molar-refractivity contribution in [2.75, 3.05) is 25.6 Å². The molecular formula is C15H25N3O2. The predicted molar refractivity (Wildman–Crippen MR) is 80.1 cm³/mol. The lowest BCUT2D eigenvalue weighted by molar-refractivity contribution is 0.0251. The molecule has 2 rings (SSSR count). The van der Waals surface area contributed by atoms with E-state index in [1.807, 2.05) is 12.1 Å². The molecule has 1 fully saturated rings. The maximum atomic E-state index is 5.88. The lowest BCUT2D eigenvalue weighted by Gasteiger charge is -2.26. The summed E-state index contributed by atoms with van der Waals surface area (Å²) in [5.41, 5.74) is 5.88. The number of rotatable bonds is 7. The van der Waals surface area contributed by atoms with E-state index in [4.69, 9.17) is 15.2 Å². The van der Waals surface area contributed by atoms with Crippen molar-refractivity contribution in [2.24, 2.45) is 5.73 Å². The number of nitrogens with two attached hydrogens (primary N) is 1. The van der Waals surface area contributed by atoms with Crippen LogP contribution in [-0.4, -0.2) is 37.4 Å². The van der Waals surface area contributed by atoms with Gasteiger partial charge >= 0.3 is 0 Å². The highest BCUT2D eigenvalue weighted by Crippen LogP contribution is 2.21. The lowest BCUT2D eigenvalue weighted by atomic mass is 9.94. The van der Waals surface area contributed by atoms with Crippen molar-refractivity contribution in [1.29, 1.82) is 0 Å². The zero-order valence-corrected chi connectivity index (χ0v) is 12.2. The number of nitrogens with one attached hydrogen (secondary N) is 1. The van der Waals surface area contributed by atoms with Crippen LogP contribution in [0, 0.1) is 0 Å². The Kier molecular flexibility index (Phi) is 6.08. The average molecular weight is 279 g/mol. The van der Waals surface area contributed by atoms with Gasteiger partial charge in [-0.05, 0) is 44.2 Å². The molecule has 0 radical (unpaired) electrons. The number of hydrogen-bond acceptors (Lipinski definition) is 5. The van der Waals surface area contributed by atoms with E-state index in [1.54, 1.807) is 13.3 Å². The van der Waals surface area contributed by atoms with Gasteiger partial charge in [0.05, 0.1) is 13.2 Å². The maximum absolute atomic E-state index is 5.88. The van der Waals surface area contributed by atoms with Crippen molar-refractivity contribution in [3.8, 4) is 5.75 Å². The molecule has 3 N–H and O–H groups in total. The van der Waals surface area contributed by atoms with E-state index in [2.05, 4.69) is 10.3 Å². The number of pyridine rings is 1. The van der Waals surface area contributed by atoms with Gasteiger partial charge in [-0.25, -0.2) is 4.98 Å². The average Bonchev–Trinajstić information content (AvgIpc) is 2.49. The molecule has 1 aliphatic carbocycles. The summed E-state index contributed by atoms with van der Waals surface area (Å²) in [6.07, 6.45) is 7.50. The van der Waals surface area contributed by atoms with E-state index >= 15 is 0 Å². The molecule has 20 heavy (non-hydrogen) atoms. The Morgan fingerprint density at radius 1 is 1.35 bits per heavy atom. The molecule has 0 aliphatic heterocycles. The van der Waals surface area contributed by atoms with E-state index in [1.165, 1.54) is 0 Å². The van der Waals surface area contributed by atoms with Crippen LogP contribution in [0.3, 0.4) is 0 Å². The van der Waals surface area contributed by atoms with E-state index in [0.29, 0.717) is 12.1 Å². The van der Waals surface area contributed by atoms with Gasteiger partial charge < -0.3 is 20.5 Å². The molecule has 0 aromatic carbocycles. The van der Waals surface area contributed by atoms with Gasteiger partial charge in [0.1, 0.15) is 0 Å². The second-order valence-electron chi connectivity index (χ2n) is 5.24. The minimum atomic E-state index is 0.383. The quantitative estimate of drug-likeness (QED) is 0.749. The monoisotopic (exact) mass is 279 g/mol. The molecule has 1 aliphatic rings. The molecule has 0 amide bonds. The van der Waals surface area contributed by atoms with Crippen LogP contribution in [0.15, 0.2) is 18.3 Å². The molecule has 112 valence electrons. The van der Waals surface area contributed by atoms with Gasteiger partial charge in [-0.3, -0.25) is 0 Å². The smallest absolute Gasteiger partial charge is 0.168 e. The Balaban J connectivity index is 1.59. The summed E-state index contributed by atoms with van der Waals surface area (Å²) < 4.78 is 11.1. The van der Waals surface area contributed by atoms with Gasteiger partial charge in [0.25, 0.3) is 0 Å². The summed E-state index contributed by atoms with van der Waals surface area (Å²) in [4.78, 5) is 4.25. The highest BCUT2D eigenvalue weighted by molar-refractivity contribution is 5.49. The second kappa shape index (κ2) is 8.07. The van der Waals surface area contributed by atoms with Crippen LogP contribution in [0.1, 0.15) is 32.1 Å². The highest BCUT2D eigenvalue weighted by Gasteiger charge is 2.18. The van der Waals surface area contributed by atoms with Crippen molar-refractivity contribution in [3.63, 3.8) is 0 Å². The Morgan fingerprint density at radius 3 is 2.90 bits per heavy atom. The van der Waals surface area contributed by atoms with Crippen LogP contribution >= 0.6 is 0 Å². The van der Waals surface area contributed by atoms with E-state index in [0.717, 1.165) is 56.8 Å². The number of nitrogens with zero attached hydrogens (tertiary/aromatic N) is 1. The zero-order valence-electron chi connectivity index (χ0n) is 12.2. The summed E-state index contributed by atoms with van der Waals surface area (Å²) in [6, 6.07) is 4.14. The van der Waals surface area contributed by atoms with Gasteiger partial charge in [-0.1, -0.05) is 0 Å². The summed E-state index contributed by atoms with van der Waals surface area (Å²) in [6.45, 7) is 1.61. The van der Waals surface area contributed by atoms with Crippen LogP contribution in [0.5, 0.6) is 5.75 Å². The number of ether oxygens (including phenoxy) is 2. The Bertz CT molecular complexity index is 392. The number of methoxy groups -OCH3 is 1. The van der Waals surface area contributed by atoms with Crippen LogP contribution in [0.25, 0.3) is 0 Å². The Morgan fingerprint density at radius 2 is 2.15 bits per heavy atom.